The highest BCUT2D eigenvalue weighted by molar-refractivity contribution is 5.66. The van der Waals surface area contributed by atoms with Crippen LogP contribution in [0.2, 0.25) is 0 Å². The van der Waals surface area contributed by atoms with Gasteiger partial charge in [0.2, 0.25) is 0 Å². The molecular formula is C16H20N2O3. The lowest BCUT2D eigenvalue weighted by Crippen LogP contribution is -2.40. The molecule has 1 saturated heterocycles. The third-order valence-electron chi connectivity index (χ3n) is 3.67. The number of piperidine rings is 1. The predicted molar refractivity (Wildman–Crippen MR) is 77.7 cm³/mol. The molecule has 5 heteroatoms. The number of carboxylic acids is 1. The van der Waals surface area contributed by atoms with Gasteiger partial charge in [-0.25, -0.2) is 0 Å². The molecular weight excluding hydrogens is 268 g/mol. The topological polar surface area (TPSA) is 73.6 Å². The Bertz CT molecular complexity index is 507. The van der Waals surface area contributed by atoms with Gasteiger partial charge in [0, 0.05) is 13.1 Å². The number of carbonyl (C=O) groups is 1. The van der Waals surface area contributed by atoms with Crippen molar-refractivity contribution in [3.8, 4) is 6.07 Å². The molecule has 0 radical (unpaired) electrons. The highest BCUT2D eigenvalue weighted by Crippen LogP contribution is 2.15. The Morgan fingerprint density at radius 2 is 2.19 bits per heavy atom. The fraction of sp³-hybridized carbons (Fsp3) is 0.500. The molecule has 0 aliphatic carbocycles. The lowest BCUT2D eigenvalue weighted by Gasteiger charge is -2.32. The number of nitrogens with zero attached hydrogens (tertiary/aromatic N) is 2. The zero-order chi connectivity index (χ0) is 15.1. The first-order valence-electron chi connectivity index (χ1n) is 7.22. The second kappa shape index (κ2) is 7.77. The highest BCUT2D eigenvalue weighted by atomic mass is 16.5. The van der Waals surface area contributed by atoms with Gasteiger partial charge in [0.25, 0.3) is 0 Å². The molecule has 2 rings (SSSR count). The number of hydrogen-bond donors (Lipinski definition) is 1. The van der Waals surface area contributed by atoms with Gasteiger partial charge in [0.15, 0.2) is 0 Å². The Kier molecular flexibility index (Phi) is 5.73. The maximum absolute atomic E-state index is 10.6. The summed E-state index contributed by atoms with van der Waals surface area (Å²) >= 11 is 0. The number of nitriles is 1. The molecule has 1 unspecified atom stereocenters. The number of ether oxygens (including phenoxy) is 1. The van der Waals surface area contributed by atoms with Gasteiger partial charge in [-0.2, -0.15) is 5.26 Å². The van der Waals surface area contributed by atoms with E-state index in [1.807, 2.05) is 12.1 Å². The molecule has 112 valence electrons. The van der Waals surface area contributed by atoms with E-state index in [4.69, 9.17) is 15.1 Å². The third-order valence-corrected chi connectivity index (χ3v) is 3.67. The predicted octanol–water partition coefficient (Wildman–Crippen LogP) is 2.01. The van der Waals surface area contributed by atoms with Crippen LogP contribution >= 0.6 is 0 Å². The van der Waals surface area contributed by atoms with Gasteiger partial charge < -0.3 is 14.7 Å². The van der Waals surface area contributed by atoms with Crippen molar-refractivity contribution in [2.24, 2.45) is 0 Å². The van der Waals surface area contributed by atoms with Gasteiger partial charge in [-0.3, -0.25) is 4.79 Å². The molecule has 1 atom stereocenters. The van der Waals surface area contributed by atoms with E-state index in [0.29, 0.717) is 18.7 Å². The van der Waals surface area contributed by atoms with E-state index in [0.717, 1.165) is 31.5 Å². The van der Waals surface area contributed by atoms with Crippen molar-refractivity contribution in [1.82, 2.24) is 4.90 Å². The maximum Gasteiger partial charge on any atom is 0.304 e. The molecule has 0 aromatic heterocycles. The minimum absolute atomic E-state index is 0.156. The van der Waals surface area contributed by atoms with Crippen LogP contribution in [0.5, 0.6) is 0 Å². The van der Waals surface area contributed by atoms with E-state index in [1.54, 1.807) is 12.1 Å². The van der Waals surface area contributed by atoms with Gasteiger partial charge in [-0.15, -0.1) is 0 Å². The molecule has 1 aliphatic heterocycles. The molecule has 5 nitrogen and oxygen atoms in total. The fourth-order valence-electron chi connectivity index (χ4n) is 2.50. The minimum Gasteiger partial charge on any atom is -0.481 e. The summed E-state index contributed by atoms with van der Waals surface area (Å²) in [5, 5.41) is 17.5. The fourth-order valence-corrected chi connectivity index (χ4v) is 2.50. The average molecular weight is 288 g/mol. The largest absolute Gasteiger partial charge is 0.481 e. The molecule has 21 heavy (non-hydrogen) atoms. The minimum atomic E-state index is -0.754. The first-order valence-corrected chi connectivity index (χ1v) is 7.22. The van der Waals surface area contributed by atoms with Crippen LogP contribution in [-0.2, 0) is 16.1 Å². The molecule has 0 spiro atoms. The van der Waals surface area contributed by atoms with Crippen molar-refractivity contribution >= 4 is 5.97 Å². The smallest absolute Gasteiger partial charge is 0.304 e. The molecule has 1 aliphatic rings. The third kappa shape index (κ3) is 5.18. The van der Waals surface area contributed by atoms with Crippen LogP contribution in [0, 0.1) is 11.3 Å². The summed E-state index contributed by atoms with van der Waals surface area (Å²) in [6.45, 7) is 2.86. The van der Waals surface area contributed by atoms with Gasteiger partial charge in [0.05, 0.1) is 30.8 Å². The van der Waals surface area contributed by atoms with Crippen molar-refractivity contribution in [1.29, 1.82) is 5.26 Å². The van der Waals surface area contributed by atoms with E-state index in [9.17, 15) is 4.79 Å². The lowest BCUT2D eigenvalue weighted by atomic mass is 10.1. The number of rotatable bonds is 6. The van der Waals surface area contributed by atoms with Crippen LogP contribution in [0.4, 0.5) is 0 Å². The number of likely N-dealkylation sites (tertiary alicyclic amines) is 1. The molecule has 0 saturated carbocycles. The second-order valence-corrected chi connectivity index (χ2v) is 5.33. The van der Waals surface area contributed by atoms with Crippen molar-refractivity contribution in [3.63, 3.8) is 0 Å². The first-order chi connectivity index (χ1) is 10.2. The Morgan fingerprint density at radius 3 is 2.86 bits per heavy atom. The van der Waals surface area contributed by atoms with Gasteiger partial charge >= 0.3 is 5.97 Å². The van der Waals surface area contributed by atoms with Crippen LogP contribution in [-0.4, -0.2) is 41.7 Å². The quantitative estimate of drug-likeness (QED) is 0.867. The van der Waals surface area contributed by atoms with Crippen LogP contribution in [0.1, 0.15) is 30.4 Å². The summed E-state index contributed by atoms with van der Waals surface area (Å²) < 4.78 is 5.91. The second-order valence-electron chi connectivity index (χ2n) is 5.33. The lowest BCUT2D eigenvalue weighted by molar-refractivity contribution is -0.137. The summed E-state index contributed by atoms with van der Waals surface area (Å²) in [6.07, 6.45) is 2.39. The van der Waals surface area contributed by atoms with Crippen LogP contribution in [0.15, 0.2) is 24.3 Å². The van der Waals surface area contributed by atoms with Crippen LogP contribution in [0.25, 0.3) is 0 Å². The summed E-state index contributed by atoms with van der Waals surface area (Å²) in [6, 6.07) is 9.49. The SMILES string of the molecule is N#Cc1ccc(COC2CCCN(CCC(=O)O)C2)cc1. The normalized spacial score (nSPS) is 19.1. The van der Waals surface area contributed by atoms with Crippen LogP contribution < -0.4 is 0 Å². The molecule has 1 fully saturated rings. The Hall–Kier alpha value is -1.90. The summed E-state index contributed by atoms with van der Waals surface area (Å²) in [5.41, 5.74) is 1.70. The van der Waals surface area contributed by atoms with E-state index in [2.05, 4.69) is 11.0 Å². The molecule has 0 bridgehead atoms. The molecule has 1 N–H and O–H groups in total. The van der Waals surface area contributed by atoms with Crippen molar-refractivity contribution in [2.45, 2.75) is 32.0 Å². The maximum atomic E-state index is 10.6. The number of benzene rings is 1. The van der Waals surface area contributed by atoms with Crippen molar-refractivity contribution in [2.75, 3.05) is 19.6 Å². The number of carboxylic acid groups (broad SMARTS) is 1. The summed E-state index contributed by atoms with van der Waals surface area (Å²) in [5.74, 6) is -0.754. The van der Waals surface area contributed by atoms with Crippen molar-refractivity contribution in [3.05, 3.63) is 35.4 Å². The van der Waals surface area contributed by atoms with Gasteiger partial charge in [-0.05, 0) is 37.1 Å². The molecule has 1 aromatic rings. The van der Waals surface area contributed by atoms with E-state index in [1.165, 1.54) is 0 Å². The van der Waals surface area contributed by atoms with Crippen LogP contribution in [0.3, 0.4) is 0 Å². The Morgan fingerprint density at radius 1 is 1.43 bits per heavy atom. The van der Waals surface area contributed by atoms with E-state index in [-0.39, 0.29) is 12.5 Å². The molecule has 1 heterocycles. The van der Waals surface area contributed by atoms with E-state index < -0.39 is 5.97 Å². The van der Waals surface area contributed by atoms with E-state index >= 15 is 0 Å². The van der Waals surface area contributed by atoms with Crippen molar-refractivity contribution < 1.29 is 14.6 Å². The monoisotopic (exact) mass is 288 g/mol. The summed E-state index contributed by atoms with van der Waals surface area (Å²) in [4.78, 5) is 12.8. The standard InChI is InChI=1S/C16H20N2O3/c17-10-13-3-5-14(6-4-13)12-21-15-2-1-8-18(11-15)9-7-16(19)20/h3-6,15H,1-2,7-9,11-12H2,(H,19,20). The average Bonchev–Trinajstić information content (AvgIpc) is 2.52. The zero-order valence-corrected chi connectivity index (χ0v) is 12.0. The highest BCUT2D eigenvalue weighted by Gasteiger charge is 2.20. The Labute approximate surface area is 124 Å². The number of aliphatic carboxylic acids is 1. The van der Waals surface area contributed by atoms with Gasteiger partial charge in [0.1, 0.15) is 0 Å². The van der Waals surface area contributed by atoms with Gasteiger partial charge in [-0.1, -0.05) is 12.1 Å². The number of hydrogen-bond acceptors (Lipinski definition) is 4. The summed E-state index contributed by atoms with van der Waals surface area (Å²) in [7, 11) is 0. The first kappa shape index (κ1) is 15.5. The molecule has 0 amide bonds. The Balaban J connectivity index is 1.77. The zero-order valence-electron chi connectivity index (χ0n) is 12.0. The molecule has 1 aromatic carbocycles.